The molecule has 0 bridgehead atoms. The van der Waals surface area contributed by atoms with Gasteiger partial charge in [-0.3, -0.25) is 4.79 Å². The molecule has 4 rings (SSSR count). The number of rotatable bonds is 3. The fourth-order valence-corrected chi connectivity index (χ4v) is 4.06. The van der Waals surface area contributed by atoms with Crippen molar-refractivity contribution in [3.05, 3.63) is 58.2 Å². The first-order chi connectivity index (χ1) is 14.5. The second-order valence-corrected chi connectivity index (χ2v) is 8.18. The number of H-pyrrole nitrogens is 1. The number of carbonyl (C=O) groups is 2. The maximum atomic E-state index is 12.7. The molecule has 0 unspecified atom stereocenters. The number of amides is 3. The van der Waals surface area contributed by atoms with Crippen molar-refractivity contribution in [2.75, 3.05) is 23.7 Å². The maximum Gasteiger partial charge on any atom is 0.321 e. The first kappa shape index (κ1) is 20.6. The highest BCUT2D eigenvalue weighted by atomic mass is 35.5. The Hall–Kier alpha value is -2.70. The summed E-state index contributed by atoms with van der Waals surface area (Å²) in [6.07, 6.45) is 4.43. The molecule has 0 atom stereocenters. The van der Waals surface area contributed by atoms with Gasteiger partial charge in [-0.15, -0.1) is 0 Å². The van der Waals surface area contributed by atoms with E-state index in [2.05, 4.69) is 15.6 Å². The number of carbonyl (C=O) groups excluding carboxylic acids is 2. The van der Waals surface area contributed by atoms with Gasteiger partial charge in [0.2, 0.25) is 0 Å². The van der Waals surface area contributed by atoms with Crippen molar-refractivity contribution in [3.63, 3.8) is 0 Å². The molecule has 0 aliphatic carbocycles. The van der Waals surface area contributed by atoms with Crippen molar-refractivity contribution in [2.24, 2.45) is 0 Å². The van der Waals surface area contributed by atoms with Crippen LogP contribution in [0.4, 0.5) is 16.2 Å². The predicted molar refractivity (Wildman–Crippen MR) is 122 cm³/mol. The molecule has 0 radical (unpaired) electrons. The van der Waals surface area contributed by atoms with Crippen LogP contribution >= 0.6 is 23.2 Å². The molecule has 0 spiro atoms. The second kappa shape index (κ2) is 8.98. The Bertz CT molecular complexity index is 1070. The number of aromatic amines is 1. The highest BCUT2D eigenvalue weighted by Crippen LogP contribution is 2.30. The van der Waals surface area contributed by atoms with Crippen LogP contribution in [0, 0.1) is 0 Å². The summed E-state index contributed by atoms with van der Waals surface area (Å²) in [7, 11) is 0. The minimum Gasteiger partial charge on any atom is -0.349 e. The summed E-state index contributed by atoms with van der Waals surface area (Å²) in [5.74, 6) is -0.353. The van der Waals surface area contributed by atoms with E-state index >= 15 is 0 Å². The lowest BCUT2D eigenvalue weighted by atomic mass is 10.2. The highest BCUT2D eigenvalue weighted by molar-refractivity contribution is 6.40. The fourth-order valence-electron chi connectivity index (χ4n) is 3.59. The number of halogens is 2. The van der Waals surface area contributed by atoms with Gasteiger partial charge >= 0.3 is 6.03 Å². The Labute approximate surface area is 184 Å². The smallest absolute Gasteiger partial charge is 0.321 e. The van der Waals surface area contributed by atoms with Crippen LogP contribution in [0.3, 0.4) is 0 Å². The molecule has 3 N–H and O–H groups in total. The van der Waals surface area contributed by atoms with E-state index in [-0.39, 0.29) is 17.6 Å². The maximum absolute atomic E-state index is 12.7. The first-order valence-corrected chi connectivity index (χ1v) is 10.7. The number of hydrogen-bond acceptors (Lipinski definition) is 2. The van der Waals surface area contributed by atoms with Crippen molar-refractivity contribution in [1.29, 1.82) is 0 Å². The SMILES string of the molecule is O=C(Nc1ccc(NC(=O)N2CCCCCC2)cc1)c1[nH]c2ccc(Cl)cc2c1Cl. The number of nitrogens with zero attached hydrogens (tertiary/aromatic N) is 1. The number of aromatic nitrogens is 1. The average Bonchev–Trinajstić information content (AvgIpc) is 2.91. The third kappa shape index (κ3) is 4.55. The molecule has 30 heavy (non-hydrogen) atoms. The van der Waals surface area contributed by atoms with E-state index in [4.69, 9.17) is 23.2 Å². The van der Waals surface area contributed by atoms with E-state index in [1.54, 1.807) is 42.5 Å². The third-order valence-corrected chi connectivity index (χ3v) is 5.84. The number of likely N-dealkylation sites (tertiary alicyclic amines) is 1. The molecule has 2 heterocycles. The summed E-state index contributed by atoms with van der Waals surface area (Å²) in [6.45, 7) is 1.58. The highest BCUT2D eigenvalue weighted by Gasteiger charge is 2.18. The van der Waals surface area contributed by atoms with Crippen molar-refractivity contribution in [3.8, 4) is 0 Å². The number of urea groups is 1. The van der Waals surface area contributed by atoms with E-state index in [0.717, 1.165) is 31.4 Å². The average molecular weight is 445 g/mol. The minimum atomic E-state index is -0.353. The standard InChI is InChI=1S/C22H22Cl2N4O2/c23-14-5-10-18-17(13-14)19(24)20(27-18)21(29)25-15-6-8-16(9-7-15)26-22(30)28-11-3-1-2-4-12-28/h5-10,13,27H,1-4,11-12H2,(H,25,29)(H,26,30). The molecule has 156 valence electrons. The number of anilines is 2. The van der Waals surface area contributed by atoms with Gasteiger partial charge in [0, 0.05) is 40.4 Å². The van der Waals surface area contributed by atoms with Crippen LogP contribution < -0.4 is 10.6 Å². The zero-order valence-electron chi connectivity index (χ0n) is 16.3. The zero-order valence-corrected chi connectivity index (χ0v) is 17.8. The van der Waals surface area contributed by atoms with Crippen LogP contribution in [-0.4, -0.2) is 34.9 Å². The van der Waals surface area contributed by atoms with Gasteiger partial charge in [-0.2, -0.15) is 0 Å². The molecule has 0 saturated carbocycles. The van der Waals surface area contributed by atoms with Crippen molar-refractivity contribution in [2.45, 2.75) is 25.7 Å². The summed E-state index contributed by atoms with van der Waals surface area (Å²) < 4.78 is 0. The van der Waals surface area contributed by atoms with Gasteiger partial charge in [0.05, 0.1) is 5.02 Å². The molecular weight excluding hydrogens is 423 g/mol. The van der Waals surface area contributed by atoms with E-state index < -0.39 is 0 Å². The summed E-state index contributed by atoms with van der Waals surface area (Å²) in [4.78, 5) is 30.0. The monoisotopic (exact) mass is 444 g/mol. The van der Waals surface area contributed by atoms with Crippen LogP contribution in [0.5, 0.6) is 0 Å². The number of benzene rings is 2. The Morgan fingerprint density at radius 1 is 0.867 bits per heavy atom. The molecule has 6 nitrogen and oxygen atoms in total. The quantitative estimate of drug-likeness (QED) is 0.453. The summed E-state index contributed by atoms with van der Waals surface area (Å²) in [5, 5.41) is 7.30. The fraction of sp³-hybridized carbons (Fsp3) is 0.273. The summed E-state index contributed by atoms with van der Waals surface area (Å²) >= 11 is 12.4. The van der Waals surface area contributed by atoms with Crippen LogP contribution in [-0.2, 0) is 0 Å². The Kier molecular flexibility index (Phi) is 6.16. The van der Waals surface area contributed by atoms with E-state index in [9.17, 15) is 9.59 Å². The van der Waals surface area contributed by atoms with Crippen molar-refractivity contribution >= 4 is 57.4 Å². The lowest BCUT2D eigenvalue weighted by molar-refractivity contribution is 0.102. The van der Waals surface area contributed by atoms with Crippen molar-refractivity contribution in [1.82, 2.24) is 9.88 Å². The second-order valence-electron chi connectivity index (χ2n) is 7.37. The van der Waals surface area contributed by atoms with E-state index in [1.165, 1.54) is 12.8 Å². The van der Waals surface area contributed by atoms with Crippen molar-refractivity contribution < 1.29 is 9.59 Å². The van der Waals surface area contributed by atoms with Gasteiger partial charge in [-0.05, 0) is 55.3 Å². The molecule has 1 aliphatic rings. The topological polar surface area (TPSA) is 77.2 Å². The zero-order chi connectivity index (χ0) is 21.1. The Morgan fingerprint density at radius 3 is 2.17 bits per heavy atom. The lowest BCUT2D eigenvalue weighted by Gasteiger charge is -2.20. The molecular formula is C22H22Cl2N4O2. The lowest BCUT2D eigenvalue weighted by Crippen LogP contribution is -2.35. The molecule has 1 aliphatic heterocycles. The summed E-state index contributed by atoms with van der Waals surface area (Å²) in [5.41, 5.74) is 2.29. The summed E-state index contributed by atoms with van der Waals surface area (Å²) in [6, 6.07) is 12.1. The van der Waals surface area contributed by atoms with Gasteiger partial charge in [0.1, 0.15) is 5.69 Å². The number of nitrogens with one attached hydrogen (secondary N) is 3. The molecule has 1 fully saturated rings. The number of hydrogen-bond donors (Lipinski definition) is 3. The largest absolute Gasteiger partial charge is 0.349 e. The van der Waals surface area contributed by atoms with Gasteiger partial charge in [0.15, 0.2) is 0 Å². The van der Waals surface area contributed by atoms with Gasteiger partial charge in [-0.25, -0.2) is 4.79 Å². The van der Waals surface area contributed by atoms with Gasteiger partial charge < -0.3 is 20.5 Å². The molecule has 2 aromatic carbocycles. The first-order valence-electron chi connectivity index (χ1n) is 9.95. The minimum absolute atomic E-state index is 0.0859. The van der Waals surface area contributed by atoms with E-state index in [0.29, 0.717) is 26.8 Å². The van der Waals surface area contributed by atoms with Crippen LogP contribution in [0.2, 0.25) is 10.0 Å². The third-order valence-electron chi connectivity index (χ3n) is 5.21. The van der Waals surface area contributed by atoms with Gasteiger partial charge in [-0.1, -0.05) is 36.0 Å². The Balaban J connectivity index is 1.41. The van der Waals surface area contributed by atoms with Crippen LogP contribution in [0.1, 0.15) is 36.2 Å². The van der Waals surface area contributed by atoms with Gasteiger partial charge in [0.25, 0.3) is 5.91 Å². The van der Waals surface area contributed by atoms with Crippen LogP contribution in [0.15, 0.2) is 42.5 Å². The molecule has 8 heteroatoms. The van der Waals surface area contributed by atoms with E-state index in [1.807, 2.05) is 4.90 Å². The molecule has 1 aromatic heterocycles. The molecule has 3 amide bonds. The molecule has 3 aromatic rings. The Morgan fingerprint density at radius 2 is 1.50 bits per heavy atom. The van der Waals surface area contributed by atoms with Crippen LogP contribution in [0.25, 0.3) is 10.9 Å². The number of fused-ring (bicyclic) bond motifs is 1. The molecule has 1 saturated heterocycles. The predicted octanol–water partition coefficient (Wildman–Crippen LogP) is 6.13. The normalized spacial score (nSPS) is 14.4.